The largest absolute Gasteiger partial charge is 0.329 e. The van der Waals surface area contributed by atoms with Crippen molar-refractivity contribution in [2.45, 2.75) is 9.79 Å². The molecule has 0 aliphatic carbocycles. The first-order valence-electron chi connectivity index (χ1n) is 6.32. The van der Waals surface area contributed by atoms with Crippen molar-refractivity contribution < 1.29 is 12.8 Å². The van der Waals surface area contributed by atoms with Crippen molar-refractivity contribution in [3.8, 4) is 0 Å². The first kappa shape index (κ1) is 13.6. The van der Waals surface area contributed by atoms with Crippen molar-refractivity contribution in [1.82, 2.24) is 4.68 Å². The Morgan fingerprint density at radius 1 is 1.05 bits per heavy atom. The number of sulfone groups is 1. The lowest BCUT2D eigenvalue weighted by atomic mass is 10.2. The standard InChI is InChI=1S/C9H9FN2.C6H4O2S/c1-11-12-5-4-7-6-8(10)2-3-9(7)12;7-9(8)5-3-1-2-4-6(5)9/h2-6,11H,1H3;1-4H. The first-order chi connectivity index (χ1) is 10.0. The average molecular weight is 304 g/mol. The molecule has 1 aliphatic rings. The van der Waals surface area contributed by atoms with E-state index in [0.717, 1.165) is 10.9 Å². The third-order valence-electron chi connectivity index (χ3n) is 3.28. The molecule has 0 fully saturated rings. The molecule has 1 aromatic heterocycles. The van der Waals surface area contributed by atoms with Crippen molar-refractivity contribution in [3.05, 3.63) is 60.5 Å². The van der Waals surface area contributed by atoms with E-state index >= 15 is 0 Å². The highest BCUT2D eigenvalue weighted by Crippen LogP contribution is 2.38. The number of fused-ring (bicyclic) bond motifs is 2. The summed E-state index contributed by atoms with van der Waals surface area (Å²) in [6, 6.07) is 13.3. The number of nitrogens with one attached hydrogen (secondary N) is 1. The Kier molecular flexibility index (Phi) is 3.17. The number of rotatable bonds is 1. The Labute approximate surface area is 121 Å². The number of aromatic nitrogens is 1. The van der Waals surface area contributed by atoms with Crippen molar-refractivity contribution in [2.24, 2.45) is 0 Å². The Morgan fingerprint density at radius 2 is 1.71 bits per heavy atom. The molecule has 0 bridgehead atoms. The quantitative estimate of drug-likeness (QED) is 0.550. The first-order valence-corrected chi connectivity index (χ1v) is 7.81. The average Bonchev–Trinajstić information content (AvgIpc) is 2.84. The molecule has 0 atom stereocenters. The third kappa shape index (κ3) is 2.38. The van der Waals surface area contributed by atoms with Crippen LogP contribution in [0, 0.1) is 5.82 Å². The lowest BCUT2D eigenvalue weighted by molar-refractivity contribution is 0.612. The molecule has 0 spiro atoms. The molecule has 2 aromatic carbocycles. The molecule has 108 valence electrons. The summed E-state index contributed by atoms with van der Waals surface area (Å²) in [4.78, 5) is 0.981. The molecule has 4 rings (SSSR count). The van der Waals surface area contributed by atoms with Crippen LogP contribution in [0.5, 0.6) is 0 Å². The normalized spacial score (nSPS) is 14.0. The number of hydrogen-bond donors (Lipinski definition) is 1. The van der Waals surface area contributed by atoms with Gasteiger partial charge in [-0.05, 0) is 36.4 Å². The van der Waals surface area contributed by atoms with Gasteiger partial charge >= 0.3 is 0 Å². The lowest BCUT2D eigenvalue weighted by Crippen LogP contribution is -2.05. The molecule has 6 heteroatoms. The Morgan fingerprint density at radius 3 is 2.29 bits per heavy atom. The smallest absolute Gasteiger partial charge is 0.209 e. The Bertz CT molecular complexity index is 887. The fourth-order valence-corrected chi connectivity index (χ4v) is 3.46. The van der Waals surface area contributed by atoms with Crippen LogP contribution in [0.4, 0.5) is 4.39 Å². The minimum atomic E-state index is -2.88. The summed E-state index contributed by atoms with van der Waals surface area (Å²) < 4.78 is 36.0. The molecule has 0 unspecified atom stereocenters. The summed E-state index contributed by atoms with van der Waals surface area (Å²) in [5.41, 5.74) is 3.95. The van der Waals surface area contributed by atoms with Crippen LogP contribution >= 0.6 is 0 Å². The second kappa shape index (κ2) is 4.89. The van der Waals surface area contributed by atoms with E-state index in [1.54, 1.807) is 30.3 Å². The monoisotopic (exact) mass is 304 g/mol. The second-order valence-electron chi connectivity index (χ2n) is 4.56. The highest BCUT2D eigenvalue weighted by atomic mass is 32.2. The van der Waals surface area contributed by atoms with Gasteiger partial charge in [-0.3, -0.25) is 4.68 Å². The van der Waals surface area contributed by atoms with E-state index < -0.39 is 9.84 Å². The maximum atomic E-state index is 12.7. The van der Waals surface area contributed by atoms with E-state index in [9.17, 15) is 12.8 Å². The van der Waals surface area contributed by atoms with Gasteiger partial charge in [0.05, 0.1) is 15.3 Å². The van der Waals surface area contributed by atoms with E-state index in [2.05, 4.69) is 5.43 Å². The van der Waals surface area contributed by atoms with E-state index in [-0.39, 0.29) is 5.82 Å². The lowest BCUT2D eigenvalue weighted by Gasteiger charge is -2.01. The molecule has 2 heterocycles. The molecule has 21 heavy (non-hydrogen) atoms. The van der Waals surface area contributed by atoms with Gasteiger partial charge in [-0.25, -0.2) is 12.8 Å². The third-order valence-corrected chi connectivity index (χ3v) is 4.95. The number of hydrogen-bond acceptors (Lipinski definition) is 3. The molecule has 0 saturated heterocycles. The fraction of sp³-hybridized carbons (Fsp3) is 0.0667. The minimum Gasteiger partial charge on any atom is -0.329 e. The fourth-order valence-electron chi connectivity index (χ4n) is 2.16. The van der Waals surface area contributed by atoms with Crippen molar-refractivity contribution in [3.63, 3.8) is 0 Å². The molecular formula is C15H13FN2O2S. The highest BCUT2D eigenvalue weighted by Gasteiger charge is 2.37. The van der Waals surface area contributed by atoms with Gasteiger partial charge in [0.1, 0.15) is 5.82 Å². The molecule has 0 amide bonds. The van der Waals surface area contributed by atoms with Gasteiger partial charge in [-0.1, -0.05) is 12.1 Å². The summed E-state index contributed by atoms with van der Waals surface area (Å²) in [6.07, 6.45) is 1.87. The van der Waals surface area contributed by atoms with Gasteiger partial charge in [-0.15, -0.1) is 0 Å². The van der Waals surface area contributed by atoms with Crippen LogP contribution in [-0.2, 0) is 9.84 Å². The van der Waals surface area contributed by atoms with Gasteiger partial charge in [-0.2, -0.15) is 0 Å². The zero-order valence-electron chi connectivity index (χ0n) is 11.2. The summed E-state index contributed by atoms with van der Waals surface area (Å²) in [5, 5.41) is 0.907. The highest BCUT2D eigenvalue weighted by molar-refractivity contribution is 7.97. The van der Waals surface area contributed by atoms with Crippen molar-refractivity contribution in [1.29, 1.82) is 0 Å². The predicted octanol–water partition coefficient (Wildman–Crippen LogP) is 2.79. The van der Waals surface area contributed by atoms with Crippen LogP contribution < -0.4 is 5.43 Å². The SMILES string of the molecule is CNn1ccc2cc(F)ccc21.O=S1(=O)c2ccccc21. The number of benzene rings is 2. The minimum absolute atomic E-state index is 0.198. The molecule has 1 aliphatic heterocycles. The molecule has 3 aromatic rings. The Hall–Kier alpha value is -2.34. The zero-order chi connectivity index (χ0) is 15.0. The molecular weight excluding hydrogens is 291 g/mol. The van der Waals surface area contributed by atoms with Crippen LogP contribution in [0.1, 0.15) is 0 Å². The van der Waals surface area contributed by atoms with Gasteiger partial charge < -0.3 is 5.43 Å². The van der Waals surface area contributed by atoms with Crippen molar-refractivity contribution in [2.75, 3.05) is 12.5 Å². The summed E-state index contributed by atoms with van der Waals surface area (Å²) in [5.74, 6) is -0.198. The van der Waals surface area contributed by atoms with Crippen LogP contribution in [0.2, 0.25) is 0 Å². The van der Waals surface area contributed by atoms with Crippen LogP contribution in [0.3, 0.4) is 0 Å². The van der Waals surface area contributed by atoms with Crippen LogP contribution in [0.25, 0.3) is 10.9 Å². The van der Waals surface area contributed by atoms with E-state index in [1.807, 2.05) is 24.0 Å². The van der Waals surface area contributed by atoms with Crippen LogP contribution in [0.15, 0.2) is 64.5 Å². The topological polar surface area (TPSA) is 51.1 Å². The molecule has 4 nitrogen and oxygen atoms in total. The maximum Gasteiger partial charge on any atom is 0.209 e. The van der Waals surface area contributed by atoms with Crippen LogP contribution in [-0.4, -0.2) is 20.1 Å². The van der Waals surface area contributed by atoms with E-state index in [1.165, 1.54) is 12.1 Å². The van der Waals surface area contributed by atoms with Gasteiger partial charge in [0.25, 0.3) is 0 Å². The van der Waals surface area contributed by atoms with E-state index in [0.29, 0.717) is 9.79 Å². The summed E-state index contributed by atoms with van der Waals surface area (Å²) in [6.45, 7) is 0. The molecule has 0 radical (unpaired) electrons. The molecule has 1 N–H and O–H groups in total. The number of halogens is 1. The van der Waals surface area contributed by atoms with Gasteiger partial charge in [0.15, 0.2) is 0 Å². The zero-order valence-corrected chi connectivity index (χ0v) is 12.1. The van der Waals surface area contributed by atoms with Crippen molar-refractivity contribution >= 4 is 20.7 Å². The number of nitrogens with zero attached hydrogens (tertiary/aromatic N) is 1. The summed E-state index contributed by atoms with van der Waals surface area (Å²) in [7, 11) is -1.05. The Balaban J connectivity index is 0.000000131. The summed E-state index contributed by atoms with van der Waals surface area (Å²) >= 11 is 0. The second-order valence-corrected chi connectivity index (χ2v) is 6.45. The maximum absolute atomic E-state index is 12.7. The van der Waals surface area contributed by atoms with E-state index in [4.69, 9.17) is 0 Å². The molecule has 0 saturated carbocycles. The predicted molar refractivity (Wildman–Crippen MR) is 79.1 cm³/mol. The van der Waals surface area contributed by atoms with Gasteiger partial charge in [0, 0.05) is 18.6 Å². The van der Waals surface area contributed by atoms with Gasteiger partial charge in [0.2, 0.25) is 9.84 Å².